The first kappa shape index (κ1) is 17.2. The Hall–Kier alpha value is -2.63. The Kier molecular flexibility index (Phi) is 5.48. The fourth-order valence-corrected chi connectivity index (χ4v) is 3.28. The van der Waals surface area contributed by atoms with Gasteiger partial charge in [-0.2, -0.15) is 5.10 Å². The average Bonchev–Trinajstić information content (AvgIpc) is 3.17. The molecular formula is C19H23N3O3. The van der Waals surface area contributed by atoms with Crippen LogP contribution in [-0.4, -0.2) is 46.3 Å². The van der Waals surface area contributed by atoms with E-state index in [0.29, 0.717) is 19.7 Å². The molecule has 0 bridgehead atoms. The predicted molar refractivity (Wildman–Crippen MR) is 92.7 cm³/mol. The molecule has 0 spiro atoms. The first-order valence-electron chi connectivity index (χ1n) is 8.70. The fourth-order valence-electron chi connectivity index (χ4n) is 3.28. The van der Waals surface area contributed by atoms with Crippen molar-refractivity contribution in [3.8, 4) is 0 Å². The third kappa shape index (κ3) is 3.90. The molecule has 25 heavy (non-hydrogen) atoms. The number of nitrogens with zero attached hydrogens (tertiary/aromatic N) is 3. The van der Waals surface area contributed by atoms with E-state index in [1.165, 1.54) is 0 Å². The molecule has 1 aliphatic rings. The summed E-state index contributed by atoms with van der Waals surface area (Å²) in [6, 6.07) is 10.9. The Balaban J connectivity index is 1.82. The minimum absolute atomic E-state index is 0.0381. The van der Waals surface area contributed by atoms with Gasteiger partial charge in [0, 0.05) is 25.5 Å². The normalized spacial score (nSPS) is 18.6. The summed E-state index contributed by atoms with van der Waals surface area (Å²) in [5, 5.41) is 4.27. The molecule has 1 aromatic heterocycles. The van der Waals surface area contributed by atoms with Crippen LogP contribution in [0.25, 0.3) is 0 Å². The van der Waals surface area contributed by atoms with E-state index in [-0.39, 0.29) is 17.8 Å². The van der Waals surface area contributed by atoms with Crippen molar-refractivity contribution >= 4 is 11.9 Å². The minimum atomic E-state index is -0.517. The van der Waals surface area contributed by atoms with Crippen molar-refractivity contribution < 1.29 is 14.3 Å². The number of benzene rings is 1. The monoisotopic (exact) mass is 341 g/mol. The largest absolute Gasteiger partial charge is 0.466 e. The molecule has 0 aliphatic carbocycles. The molecule has 1 fully saturated rings. The molecule has 2 heterocycles. The Morgan fingerprint density at radius 1 is 1.28 bits per heavy atom. The molecule has 0 saturated carbocycles. The third-order valence-corrected chi connectivity index (χ3v) is 4.49. The SMILES string of the molecule is CCOC(=O)[C@@H]1CCCN(C(=O)[C@H](c2ccccc2)n2cccn2)C1. The smallest absolute Gasteiger partial charge is 0.310 e. The predicted octanol–water partition coefficient (Wildman–Crippen LogP) is 2.27. The summed E-state index contributed by atoms with van der Waals surface area (Å²) in [4.78, 5) is 27.1. The van der Waals surface area contributed by atoms with Crippen LogP contribution >= 0.6 is 0 Å². The van der Waals surface area contributed by atoms with Crippen LogP contribution in [-0.2, 0) is 14.3 Å². The number of esters is 1. The Morgan fingerprint density at radius 3 is 2.76 bits per heavy atom. The summed E-state index contributed by atoms with van der Waals surface area (Å²) in [7, 11) is 0. The summed E-state index contributed by atoms with van der Waals surface area (Å²) in [5.41, 5.74) is 0.884. The van der Waals surface area contributed by atoms with E-state index >= 15 is 0 Å². The molecule has 6 heteroatoms. The van der Waals surface area contributed by atoms with Gasteiger partial charge in [0.25, 0.3) is 5.91 Å². The topological polar surface area (TPSA) is 64.4 Å². The summed E-state index contributed by atoms with van der Waals surface area (Å²) < 4.78 is 6.80. The molecule has 1 aliphatic heterocycles. The quantitative estimate of drug-likeness (QED) is 0.783. The first-order valence-corrected chi connectivity index (χ1v) is 8.70. The number of carbonyl (C=O) groups is 2. The van der Waals surface area contributed by atoms with Gasteiger partial charge in [-0.25, -0.2) is 0 Å². The van der Waals surface area contributed by atoms with Crippen molar-refractivity contribution in [1.82, 2.24) is 14.7 Å². The zero-order chi connectivity index (χ0) is 17.6. The first-order chi connectivity index (χ1) is 12.2. The van der Waals surface area contributed by atoms with Gasteiger partial charge in [0.1, 0.15) is 0 Å². The minimum Gasteiger partial charge on any atom is -0.466 e. The number of carbonyl (C=O) groups excluding carboxylic acids is 2. The van der Waals surface area contributed by atoms with Gasteiger partial charge in [-0.15, -0.1) is 0 Å². The maximum absolute atomic E-state index is 13.2. The summed E-state index contributed by atoms with van der Waals surface area (Å²) in [6.07, 6.45) is 5.03. The van der Waals surface area contributed by atoms with Crippen molar-refractivity contribution in [3.63, 3.8) is 0 Å². The van der Waals surface area contributed by atoms with Gasteiger partial charge in [0.2, 0.25) is 0 Å². The number of ether oxygens (including phenoxy) is 1. The highest BCUT2D eigenvalue weighted by molar-refractivity contribution is 5.84. The summed E-state index contributed by atoms with van der Waals surface area (Å²) >= 11 is 0. The van der Waals surface area contributed by atoms with Gasteiger partial charge in [-0.1, -0.05) is 30.3 Å². The summed E-state index contributed by atoms with van der Waals surface area (Å²) in [5.74, 6) is -0.494. The average molecular weight is 341 g/mol. The van der Waals surface area contributed by atoms with E-state index < -0.39 is 6.04 Å². The van der Waals surface area contributed by atoms with Gasteiger partial charge in [0.05, 0.1) is 12.5 Å². The highest BCUT2D eigenvalue weighted by atomic mass is 16.5. The molecule has 2 atom stereocenters. The number of rotatable bonds is 5. The zero-order valence-corrected chi connectivity index (χ0v) is 14.4. The van der Waals surface area contributed by atoms with Crippen molar-refractivity contribution in [2.45, 2.75) is 25.8 Å². The van der Waals surface area contributed by atoms with Crippen LogP contribution in [0.3, 0.4) is 0 Å². The number of piperidine rings is 1. The van der Waals surface area contributed by atoms with Crippen molar-refractivity contribution in [1.29, 1.82) is 0 Å². The van der Waals surface area contributed by atoms with Crippen LogP contribution in [0, 0.1) is 5.92 Å². The van der Waals surface area contributed by atoms with Crippen LogP contribution in [0.2, 0.25) is 0 Å². The molecule has 1 amide bonds. The van der Waals surface area contributed by atoms with E-state index in [4.69, 9.17) is 4.74 Å². The Bertz CT molecular complexity index is 700. The van der Waals surface area contributed by atoms with Crippen LogP contribution in [0.5, 0.6) is 0 Å². The van der Waals surface area contributed by atoms with E-state index in [2.05, 4.69) is 5.10 Å². The molecule has 1 aromatic carbocycles. The van der Waals surface area contributed by atoms with E-state index in [9.17, 15) is 9.59 Å². The Morgan fingerprint density at radius 2 is 2.08 bits per heavy atom. The van der Waals surface area contributed by atoms with Gasteiger partial charge < -0.3 is 9.64 Å². The third-order valence-electron chi connectivity index (χ3n) is 4.49. The number of aromatic nitrogens is 2. The second kappa shape index (κ2) is 7.96. The second-order valence-corrected chi connectivity index (χ2v) is 6.17. The van der Waals surface area contributed by atoms with E-state index in [1.54, 1.807) is 35.0 Å². The lowest BCUT2D eigenvalue weighted by atomic mass is 9.96. The fraction of sp³-hybridized carbons (Fsp3) is 0.421. The van der Waals surface area contributed by atoms with Crippen LogP contribution < -0.4 is 0 Å². The maximum Gasteiger partial charge on any atom is 0.310 e. The number of amides is 1. The number of hydrogen-bond donors (Lipinski definition) is 0. The molecule has 3 rings (SSSR count). The molecule has 0 unspecified atom stereocenters. The van der Waals surface area contributed by atoms with Gasteiger partial charge >= 0.3 is 5.97 Å². The molecule has 2 aromatic rings. The van der Waals surface area contributed by atoms with Crippen molar-refractivity contribution in [3.05, 3.63) is 54.4 Å². The molecular weight excluding hydrogens is 318 g/mol. The second-order valence-electron chi connectivity index (χ2n) is 6.17. The number of likely N-dealkylation sites (tertiary alicyclic amines) is 1. The lowest BCUT2D eigenvalue weighted by Gasteiger charge is -2.34. The molecule has 1 saturated heterocycles. The van der Waals surface area contributed by atoms with Crippen LogP contribution in [0.1, 0.15) is 31.4 Å². The standard InChI is InChI=1S/C19H23N3O3/c1-2-25-19(24)16-10-6-12-21(14-16)18(23)17(22-13-7-11-20-22)15-8-4-3-5-9-15/h3-5,7-9,11,13,16-17H,2,6,10,12,14H2,1H3/t16-,17+/m1/s1. The Labute approximate surface area is 147 Å². The van der Waals surface area contributed by atoms with E-state index in [0.717, 1.165) is 18.4 Å². The maximum atomic E-state index is 13.2. The molecule has 132 valence electrons. The van der Waals surface area contributed by atoms with Crippen LogP contribution in [0.15, 0.2) is 48.8 Å². The van der Waals surface area contributed by atoms with Crippen molar-refractivity contribution in [2.75, 3.05) is 19.7 Å². The van der Waals surface area contributed by atoms with Crippen molar-refractivity contribution in [2.24, 2.45) is 5.92 Å². The molecule has 6 nitrogen and oxygen atoms in total. The highest BCUT2D eigenvalue weighted by Crippen LogP contribution is 2.25. The highest BCUT2D eigenvalue weighted by Gasteiger charge is 2.34. The van der Waals surface area contributed by atoms with Crippen LogP contribution in [0.4, 0.5) is 0 Å². The molecule has 0 N–H and O–H groups in total. The van der Waals surface area contributed by atoms with Gasteiger partial charge in [-0.3, -0.25) is 14.3 Å². The molecule has 0 radical (unpaired) electrons. The lowest BCUT2D eigenvalue weighted by molar-refractivity contribution is -0.151. The lowest BCUT2D eigenvalue weighted by Crippen LogP contribution is -2.46. The van der Waals surface area contributed by atoms with E-state index in [1.807, 2.05) is 30.3 Å². The zero-order valence-electron chi connectivity index (χ0n) is 14.4. The van der Waals surface area contributed by atoms with Gasteiger partial charge in [0.15, 0.2) is 6.04 Å². The number of hydrogen-bond acceptors (Lipinski definition) is 4. The van der Waals surface area contributed by atoms with Gasteiger partial charge in [-0.05, 0) is 31.4 Å². The summed E-state index contributed by atoms with van der Waals surface area (Å²) in [6.45, 7) is 3.22.